The topological polar surface area (TPSA) is 47.3 Å². The molecule has 2 heterocycles. The quantitative estimate of drug-likeness (QED) is 0.802. The van der Waals surface area contributed by atoms with E-state index in [1.165, 1.54) is 4.88 Å². The maximum atomic E-state index is 5.31. The van der Waals surface area contributed by atoms with Gasteiger partial charge >= 0.3 is 0 Å². The first-order chi connectivity index (χ1) is 8.29. The van der Waals surface area contributed by atoms with Crippen molar-refractivity contribution in [2.24, 2.45) is 0 Å². The number of rotatable bonds is 6. The Bertz CT molecular complexity index is 465. The van der Waals surface area contributed by atoms with Crippen LogP contribution in [-0.4, -0.2) is 25.4 Å². The number of hydrogen-bond acceptors (Lipinski definition) is 5. The molecule has 0 radical (unpaired) electrons. The van der Waals surface area contributed by atoms with Gasteiger partial charge in [0.05, 0.1) is 17.2 Å². The predicted octanol–water partition coefficient (Wildman–Crippen LogP) is 2.45. The third-order valence-corrected chi connectivity index (χ3v) is 3.35. The minimum atomic E-state index is 0.703. The van der Waals surface area contributed by atoms with Gasteiger partial charge in [0.25, 0.3) is 0 Å². The fraction of sp³-hybridized carbons (Fsp3) is 0.417. The molecule has 0 spiro atoms. The van der Waals surface area contributed by atoms with E-state index in [0.717, 1.165) is 22.9 Å². The number of aryl methyl sites for hydroxylation is 1. The molecule has 2 aromatic rings. The van der Waals surface area contributed by atoms with Crippen LogP contribution in [0.15, 0.2) is 22.7 Å². The predicted molar refractivity (Wildman–Crippen MR) is 68.1 cm³/mol. The van der Waals surface area contributed by atoms with Crippen LogP contribution in [0, 0.1) is 6.92 Å². The van der Waals surface area contributed by atoms with Crippen LogP contribution in [0.25, 0.3) is 10.6 Å². The zero-order chi connectivity index (χ0) is 12.1. The van der Waals surface area contributed by atoms with Gasteiger partial charge in [0, 0.05) is 31.1 Å². The molecule has 0 aliphatic heterocycles. The average molecular weight is 252 g/mol. The van der Waals surface area contributed by atoms with Crippen LogP contribution < -0.4 is 5.32 Å². The Morgan fingerprint density at radius 1 is 1.47 bits per heavy atom. The van der Waals surface area contributed by atoms with E-state index in [1.807, 2.05) is 6.07 Å². The Hall–Kier alpha value is -1.17. The molecule has 0 fully saturated rings. The zero-order valence-corrected chi connectivity index (χ0v) is 10.8. The maximum Gasteiger partial charge on any atom is 0.177 e. The lowest BCUT2D eigenvalue weighted by molar-refractivity contribution is 0.199. The molecule has 2 rings (SSSR count). The van der Waals surface area contributed by atoms with Crippen molar-refractivity contribution in [2.75, 3.05) is 20.3 Å². The van der Waals surface area contributed by atoms with E-state index >= 15 is 0 Å². The van der Waals surface area contributed by atoms with Crippen molar-refractivity contribution in [2.45, 2.75) is 13.5 Å². The SMILES string of the molecule is COCCNCc1cc(-c2ccc(C)s2)on1. The molecule has 92 valence electrons. The Labute approximate surface area is 105 Å². The number of ether oxygens (including phenoxy) is 1. The maximum absolute atomic E-state index is 5.31. The molecule has 0 aliphatic rings. The van der Waals surface area contributed by atoms with Gasteiger partial charge in [0.1, 0.15) is 0 Å². The summed E-state index contributed by atoms with van der Waals surface area (Å²) in [5, 5.41) is 7.26. The molecule has 0 saturated heterocycles. The van der Waals surface area contributed by atoms with E-state index in [-0.39, 0.29) is 0 Å². The molecule has 0 atom stereocenters. The molecule has 0 amide bonds. The van der Waals surface area contributed by atoms with Crippen molar-refractivity contribution >= 4 is 11.3 Å². The van der Waals surface area contributed by atoms with Gasteiger partial charge in [-0.3, -0.25) is 0 Å². The summed E-state index contributed by atoms with van der Waals surface area (Å²) in [7, 11) is 1.69. The number of thiophene rings is 1. The molecule has 0 unspecified atom stereocenters. The monoisotopic (exact) mass is 252 g/mol. The summed E-state index contributed by atoms with van der Waals surface area (Å²) in [5.41, 5.74) is 0.919. The van der Waals surface area contributed by atoms with Crippen molar-refractivity contribution in [1.29, 1.82) is 0 Å². The van der Waals surface area contributed by atoms with Crippen molar-refractivity contribution < 1.29 is 9.26 Å². The van der Waals surface area contributed by atoms with E-state index in [1.54, 1.807) is 18.4 Å². The summed E-state index contributed by atoms with van der Waals surface area (Å²) < 4.78 is 10.3. The molecular weight excluding hydrogens is 236 g/mol. The number of nitrogens with zero attached hydrogens (tertiary/aromatic N) is 1. The normalized spacial score (nSPS) is 10.9. The minimum absolute atomic E-state index is 0.703. The minimum Gasteiger partial charge on any atom is -0.383 e. The van der Waals surface area contributed by atoms with Gasteiger partial charge in [-0.05, 0) is 19.1 Å². The summed E-state index contributed by atoms with van der Waals surface area (Å²) in [5.74, 6) is 0.839. The number of hydrogen-bond donors (Lipinski definition) is 1. The summed E-state index contributed by atoms with van der Waals surface area (Å²) in [6.45, 7) is 4.31. The van der Waals surface area contributed by atoms with E-state index < -0.39 is 0 Å². The highest BCUT2D eigenvalue weighted by atomic mass is 32.1. The highest BCUT2D eigenvalue weighted by molar-refractivity contribution is 7.15. The summed E-state index contributed by atoms with van der Waals surface area (Å²) >= 11 is 1.71. The summed E-state index contributed by atoms with van der Waals surface area (Å²) in [6.07, 6.45) is 0. The molecule has 2 aromatic heterocycles. The third kappa shape index (κ3) is 3.39. The summed E-state index contributed by atoms with van der Waals surface area (Å²) in [4.78, 5) is 2.40. The molecule has 17 heavy (non-hydrogen) atoms. The number of aromatic nitrogens is 1. The van der Waals surface area contributed by atoms with E-state index in [2.05, 4.69) is 29.5 Å². The lowest BCUT2D eigenvalue weighted by Crippen LogP contribution is -2.18. The van der Waals surface area contributed by atoms with Crippen molar-refractivity contribution in [3.05, 3.63) is 28.8 Å². The van der Waals surface area contributed by atoms with Crippen LogP contribution in [0.2, 0.25) is 0 Å². The summed E-state index contributed by atoms with van der Waals surface area (Å²) in [6, 6.07) is 6.12. The van der Waals surface area contributed by atoms with Crippen LogP contribution in [0.4, 0.5) is 0 Å². The third-order valence-electron chi connectivity index (χ3n) is 2.33. The first-order valence-electron chi connectivity index (χ1n) is 5.51. The van der Waals surface area contributed by atoms with Gasteiger partial charge in [-0.15, -0.1) is 11.3 Å². The van der Waals surface area contributed by atoms with Crippen LogP contribution >= 0.6 is 11.3 Å². The first-order valence-corrected chi connectivity index (χ1v) is 6.33. The smallest absolute Gasteiger partial charge is 0.177 e. The van der Waals surface area contributed by atoms with Crippen LogP contribution in [0.3, 0.4) is 0 Å². The lowest BCUT2D eigenvalue weighted by atomic mass is 10.3. The second kappa shape index (κ2) is 5.95. The Morgan fingerprint density at radius 3 is 3.06 bits per heavy atom. The standard InChI is InChI=1S/C12H16N2O2S/c1-9-3-4-12(17-9)11-7-10(14-16-11)8-13-5-6-15-2/h3-4,7,13H,5-6,8H2,1-2H3. The van der Waals surface area contributed by atoms with Crippen LogP contribution in [0.5, 0.6) is 0 Å². The Morgan fingerprint density at radius 2 is 2.35 bits per heavy atom. The van der Waals surface area contributed by atoms with Crippen molar-refractivity contribution in [1.82, 2.24) is 10.5 Å². The fourth-order valence-corrected chi connectivity index (χ4v) is 2.28. The second-order valence-electron chi connectivity index (χ2n) is 3.76. The molecule has 1 N–H and O–H groups in total. The zero-order valence-electron chi connectivity index (χ0n) is 10.0. The molecule has 0 saturated carbocycles. The Kier molecular flexibility index (Phi) is 4.30. The van der Waals surface area contributed by atoms with Crippen LogP contribution in [-0.2, 0) is 11.3 Å². The number of methoxy groups -OCH3 is 1. The fourth-order valence-electron chi connectivity index (χ4n) is 1.47. The van der Waals surface area contributed by atoms with Gasteiger partial charge in [-0.2, -0.15) is 0 Å². The Balaban J connectivity index is 1.92. The van der Waals surface area contributed by atoms with Crippen LogP contribution in [0.1, 0.15) is 10.6 Å². The van der Waals surface area contributed by atoms with E-state index in [4.69, 9.17) is 9.26 Å². The largest absolute Gasteiger partial charge is 0.383 e. The molecule has 0 bridgehead atoms. The first kappa shape index (κ1) is 12.3. The van der Waals surface area contributed by atoms with Gasteiger partial charge < -0.3 is 14.6 Å². The number of nitrogens with one attached hydrogen (secondary N) is 1. The molecule has 5 heteroatoms. The molecule has 4 nitrogen and oxygen atoms in total. The van der Waals surface area contributed by atoms with E-state index in [9.17, 15) is 0 Å². The van der Waals surface area contributed by atoms with Crippen molar-refractivity contribution in [3.63, 3.8) is 0 Å². The molecule has 0 aliphatic carbocycles. The average Bonchev–Trinajstić information content (AvgIpc) is 2.93. The second-order valence-corrected chi connectivity index (χ2v) is 5.05. The molecular formula is C12H16N2O2S. The van der Waals surface area contributed by atoms with Gasteiger partial charge in [-0.25, -0.2) is 0 Å². The lowest BCUT2D eigenvalue weighted by Gasteiger charge is -1.99. The van der Waals surface area contributed by atoms with Crippen molar-refractivity contribution in [3.8, 4) is 10.6 Å². The van der Waals surface area contributed by atoms with Gasteiger partial charge in [0.2, 0.25) is 0 Å². The molecule has 0 aromatic carbocycles. The highest BCUT2D eigenvalue weighted by Gasteiger charge is 2.08. The van der Waals surface area contributed by atoms with Gasteiger partial charge in [-0.1, -0.05) is 5.16 Å². The van der Waals surface area contributed by atoms with E-state index in [0.29, 0.717) is 13.2 Å². The van der Waals surface area contributed by atoms with Gasteiger partial charge in [0.15, 0.2) is 5.76 Å². The highest BCUT2D eigenvalue weighted by Crippen LogP contribution is 2.27.